The van der Waals surface area contributed by atoms with Crippen LogP contribution in [0.5, 0.6) is 5.75 Å². The van der Waals surface area contributed by atoms with E-state index in [1.807, 2.05) is 0 Å². The van der Waals surface area contributed by atoms with Crippen LogP contribution in [0.1, 0.15) is 12.8 Å². The number of piperidine rings is 1. The molecule has 0 radical (unpaired) electrons. The maximum Gasteiger partial charge on any atom is 0.127 e. The van der Waals surface area contributed by atoms with Crippen LogP contribution in [0.15, 0.2) is 42.5 Å². The Morgan fingerprint density at radius 1 is 1.11 bits per heavy atom. The van der Waals surface area contributed by atoms with E-state index in [0.29, 0.717) is 5.92 Å². The zero-order valence-corrected chi connectivity index (χ0v) is 11.8. The molecule has 0 aromatic heterocycles. The van der Waals surface area contributed by atoms with Crippen molar-refractivity contribution >= 4 is 23.2 Å². The standard InChI is InChI=1S/C16H19NO.ClH/c1-2-8-15-14(6-1)7-3-9-16(15)18-12-13-5-4-10-17-11-13;/h1-3,6-9,13,17H,4-5,10-12H2;1H. The van der Waals surface area contributed by atoms with Gasteiger partial charge in [-0.15, -0.1) is 12.4 Å². The Morgan fingerprint density at radius 3 is 2.79 bits per heavy atom. The Bertz CT molecular complexity index is 518. The van der Waals surface area contributed by atoms with Crippen molar-refractivity contribution in [2.45, 2.75) is 12.8 Å². The van der Waals surface area contributed by atoms with Gasteiger partial charge in [0.1, 0.15) is 5.75 Å². The van der Waals surface area contributed by atoms with Crippen molar-refractivity contribution in [2.24, 2.45) is 5.92 Å². The largest absolute Gasteiger partial charge is 0.493 e. The van der Waals surface area contributed by atoms with Gasteiger partial charge in [-0.3, -0.25) is 0 Å². The van der Waals surface area contributed by atoms with Gasteiger partial charge in [-0.1, -0.05) is 36.4 Å². The predicted molar refractivity (Wildman–Crippen MR) is 82.3 cm³/mol. The highest BCUT2D eigenvalue weighted by molar-refractivity contribution is 5.88. The molecule has 0 amide bonds. The van der Waals surface area contributed by atoms with E-state index in [-0.39, 0.29) is 12.4 Å². The third-order valence-corrected chi connectivity index (χ3v) is 3.62. The fourth-order valence-corrected chi connectivity index (χ4v) is 2.60. The van der Waals surface area contributed by atoms with Gasteiger partial charge in [0.25, 0.3) is 0 Å². The molecule has 2 aromatic rings. The molecule has 0 aliphatic carbocycles. The minimum absolute atomic E-state index is 0. The molecule has 1 aliphatic heterocycles. The second kappa shape index (κ2) is 6.78. The summed E-state index contributed by atoms with van der Waals surface area (Å²) in [5, 5.41) is 5.89. The molecule has 1 saturated heterocycles. The number of hydrogen-bond donors (Lipinski definition) is 1. The molecule has 0 saturated carbocycles. The van der Waals surface area contributed by atoms with E-state index in [4.69, 9.17) is 4.74 Å². The van der Waals surface area contributed by atoms with Crippen LogP contribution in [0.2, 0.25) is 0 Å². The first-order valence-electron chi connectivity index (χ1n) is 6.75. The Morgan fingerprint density at radius 2 is 1.95 bits per heavy atom. The molecule has 1 fully saturated rings. The van der Waals surface area contributed by atoms with Gasteiger partial charge in [-0.25, -0.2) is 0 Å². The maximum atomic E-state index is 6.02. The van der Waals surface area contributed by atoms with Crippen molar-refractivity contribution in [1.82, 2.24) is 5.32 Å². The van der Waals surface area contributed by atoms with Crippen molar-refractivity contribution in [2.75, 3.05) is 19.7 Å². The van der Waals surface area contributed by atoms with Crippen LogP contribution in [0.3, 0.4) is 0 Å². The molecule has 1 unspecified atom stereocenters. The molecule has 2 aromatic carbocycles. The average molecular weight is 278 g/mol. The smallest absolute Gasteiger partial charge is 0.127 e. The zero-order valence-electron chi connectivity index (χ0n) is 11.0. The van der Waals surface area contributed by atoms with Gasteiger partial charge < -0.3 is 10.1 Å². The van der Waals surface area contributed by atoms with Crippen molar-refractivity contribution < 1.29 is 4.74 Å². The molecule has 19 heavy (non-hydrogen) atoms. The third-order valence-electron chi connectivity index (χ3n) is 3.62. The second-order valence-corrected chi connectivity index (χ2v) is 5.00. The molecule has 3 rings (SSSR count). The lowest BCUT2D eigenvalue weighted by atomic mass is 10.0. The van der Waals surface area contributed by atoms with Crippen molar-refractivity contribution in [3.8, 4) is 5.75 Å². The first-order valence-corrected chi connectivity index (χ1v) is 6.75. The van der Waals surface area contributed by atoms with Gasteiger partial charge in [0.15, 0.2) is 0 Å². The van der Waals surface area contributed by atoms with Gasteiger partial charge in [0.05, 0.1) is 6.61 Å². The van der Waals surface area contributed by atoms with Gasteiger partial charge in [-0.05, 0) is 30.8 Å². The third kappa shape index (κ3) is 3.40. The summed E-state index contributed by atoms with van der Waals surface area (Å²) >= 11 is 0. The number of fused-ring (bicyclic) bond motifs is 1. The number of nitrogens with one attached hydrogen (secondary N) is 1. The Kier molecular flexibility index (Phi) is 5.06. The monoisotopic (exact) mass is 277 g/mol. The highest BCUT2D eigenvalue weighted by Gasteiger charge is 2.13. The van der Waals surface area contributed by atoms with Crippen molar-refractivity contribution in [1.29, 1.82) is 0 Å². The molecular weight excluding hydrogens is 258 g/mol. The molecule has 1 aliphatic rings. The number of benzene rings is 2. The summed E-state index contributed by atoms with van der Waals surface area (Å²) < 4.78 is 6.02. The summed E-state index contributed by atoms with van der Waals surface area (Å²) in [5.41, 5.74) is 0. The number of ether oxygens (including phenoxy) is 1. The predicted octanol–water partition coefficient (Wildman–Crippen LogP) is 3.64. The second-order valence-electron chi connectivity index (χ2n) is 5.00. The van der Waals surface area contributed by atoms with Gasteiger partial charge in [0.2, 0.25) is 0 Å². The van der Waals surface area contributed by atoms with Crippen LogP contribution >= 0.6 is 12.4 Å². The minimum atomic E-state index is 0. The molecule has 0 spiro atoms. The van der Waals surface area contributed by atoms with E-state index < -0.39 is 0 Å². The van der Waals surface area contributed by atoms with E-state index in [1.165, 1.54) is 23.6 Å². The molecular formula is C16H20ClNO. The highest BCUT2D eigenvalue weighted by Crippen LogP contribution is 2.26. The summed E-state index contributed by atoms with van der Waals surface area (Å²) in [7, 11) is 0. The summed E-state index contributed by atoms with van der Waals surface area (Å²) in [6.45, 7) is 3.07. The first kappa shape index (κ1) is 14.2. The average Bonchev–Trinajstić information content (AvgIpc) is 2.46. The number of halogens is 1. The lowest BCUT2D eigenvalue weighted by Crippen LogP contribution is -2.33. The van der Waals surface area contributed by atoms with Gasteiger partial charge in [-0.2, -0.15) is 0 Å². The summed E-state index contributed by atoms with van der Waals surface area (Å²) in [5.74, 6) is 1.66. The molecule has 0 bridgehead atoms. The Balaban J connectivity index is 0.00000133. The topological polar surface area (TPSA) is 21.3 Å². The van der Waals surface area contributed by atoms with Gasteiger partial charge >= 0.3 is 0 Å². The van der Waals surface area contributed by atoms with E-state index >= 15 is 0 Å². The minimum Gasteiger partial charge on any atom is -0.493 e. The normalized spacial score (nSPS) is 18.8. The number of rotatable bonds is 3. The highest BCUT2D eigenvalue weighted by atomic mass is 35.5. The van der Waals surface area contributed by atoms with E-state index in [2.05, 4.69) is 47.8 Å². The molecule has 1 heterocycles. The van der Waals surface area contributed by atoms with Crippen LogP contribution in [0.4, 0.5) is 0 Å². The molecule has 102 valence electrons. The van der Waals surface area contributed by atoms with E-state index in [9.17, 15) is 0 Å². The summed E-state index contributed by atoms with van der Waals surface area (Å²) in [4.78, 5) is 0. The summed E-state index contributed by atoms with van der Waals surface area (Å²) in [6, 6.07) is 14.7. The fourth-order valence-electron chi connectivity index (χ4n) is 2.60. The molecule has 1 atom stereocenters. The van der Waals surface area contributed by atoms with Crippen LogP contribution in [-0.4, -0.2) is 19.7 Å². The lowest BCUT2D eigenvalue weighted by molar-refractivity contribution is 0.220. The van der Waals surface area contributed by atoms with Crippen molar-refractivity contribution in [3.05, 3.63) is 42.5 Å². The zero-order chi connectivity index (χ0) is 12.2. The maximum absolute atomic E-state index is 6.02. The fraction of sp³-hybridized carbons (Fsp3) is 0.375. The van der Waals surface area contributed by atoms with E-state index in [0.717, 1.165) is 25.4 Å². The van der Waals surface area contributed by atoms with Gasteiger partial charge in [0, 0.05) is 17.8 Å². The van der Waals surface area contributed by atoms with Crippen LogP contribution in [0.25, 0.3) is 10.8 Å². The Labute approximate surface area is 120 Å². The SMILES string of the molecule is Cl.c1ccc2c(OCC3CCCNC3)cccc2c1. The van der Waals surface area contributed by atoms with Crippen LogP contribution in [0, 0.1) is 5.92 Å². The number of hydrogen-bond acceptors (Lipinski definition) is 2. The van der Waals surface area contributed by atoms with Crippen molar-refractivity contribution in [3.63, 3.8) is 0 Å². The summed E-state index contributed by atoms with van der Waals surface area (Å²) in [6.07, 6.45) is 2.54. The lowest BCUT2D eigenvalue weighted by Gasteiger charge is -2.23. The van der Waals surface area contributed by atoms with Crippen LogP contribution < -0.4 is 10.1 Å². The Hall–Kier alpha value is -1.25. The molecule has 3 heteroatoms. The first-order chi connectivity index (χ1) is 8.93. The van der Waals surface area contributed by atoms with E-state index in [1.54, 1.807) is 0 Å². The molecule has 2 nitrogen and oxygen atoms in total. The molecule has 1 N–H and O–H groups in total. The van der Waals surface area contributed by atoms with Crippen LogP contribution in [-0.2, 0) is 0 Å². The quantitative estimate of drug-likeness (QED) is 0.925.